The van der Waals surface area contributed by atoms with Crippen LogP contribution in [0.3, 0.4) is 0 Å². The van der Waals surface area contributed by atoms with Gasteiger partial charge in [-0.1, -0.05) is 12.1 Å². The van der Waals surface area contributed by atoms with Gasteiger partial charge in [-0.05, 0) is 31.0 Å². The van der Waals surface area contributed by atoms with E-state index in [1.54, 1.807) is 0 Å². The van der Waals surface area contributed by atoms with Crippen LogP contribution in [0, 0.1) is 0 Å². The fourth-order valence-electron chi connectivity index (χ4n) is 2.43. The minimum absolute atomic E-state index is 0.0795. The first-order valence-electron chi connectivity index (χ1n) is 7.70. The summed E-state index contributed by atoms with van der Waals surface area (Å²) in [6.07, 6.45) is 0.683. The van der Waals surface area contributed by atoms with E-state index >= 15 is 0 Å². The van der Waals surface area contributed by atoms with Crippen LogP contribution in [0.1, 0.15) is 12.5 Å². The highest BCUT2D eigenvalue weighted by Crippen LogP contribution is 2.06. The van der Waals surface area contributed by atoms with E-state index in [9.17, 15) is 14.4 Å². The van der Waals surface area contributed by atoms with Gasteiger partial charge in [0.1, 0.15) is 6.54 Å². The molecule has 0 saturated carbocycles. The van der Waals surface area contributed by atoms with E-state index in [0.717, 1.165) is 5.56 Å². The van der Waals surface area contributed by atoms with Crippen molar-refractivity contribution in [2.24, 2.45) is 0 Å². The van der Waals surface area contributed by atoms with Crippen molar-refractivity contribution in [2.75, 3.05) is 38.5 Å². The summed E-state index contributed by atoms with van der Waals surface area (Å²) in [5.74, 6) is -1.40. The first-order chi connectivity index (χ1) is 11.0. The van der Waals surface area contributed by atoms with Crippen LogP contribution in [-0.4, -0.2) is 60.2 Å². The van der Waals surface area contributed by atoms with E-state index in [1.165, 1.54) is 9.80 Å². The summed E-state index contributed by atoms with van der Waals surface area (Å²) in [6, 6.07) is 7.45. The number of hydrogen-bond acceptors (Lipinski definition) is 4. The highest BCUT2D eigenvalue weighted by atomic mass is 16.2. The maximum absolute atomic E-state index is 11.9. The number of rotatable bonds is 6. The molecule has 0 radical (unpaired) electrons. The number of benzene rings is 1. The van der Waals surface area contributed by atoms with Gasteiger partial charge in [0, 0.05) is 31.9 Å². The van der Waals surface area contributed by atoms with Gasteiger partial charge >= 0.3 is 11.8 Å². The SMILES string of the molecule is CCN1CCN(CC(=O)NCCc2ccc(N)cc2)C(=O)C1=O. The number of carbonyl (C=O) groups is 3. The lowest BCUT2D eigenvalue weighted by atomic mass is 10.1. The van der Waals surface area contributed by atoms with Crippen LogP contribution >= 0.6 is 0 Å². The topological polar surface area (TPSA) is 95.7 Å². The van der Waals surface area contributed by atoms with Crippen LogP contribution in [-0.2, 0) is 20.8 Å². The molecule has 124 valence electrons. The van der Waals surface area contributed by atoms with Crippen molar-refractivity contribution < 1.29 is 14.4 Å². The summed E-state index contributed by atoms with van der Waals surface area (Å²) >= 11 is 0. The Morgan fingerprint density at radius 1 is 1.13 bits per heavy atom. The average Bonchev–Trinajstić information content (AvgIpc) is 2.54. The van der Waals surface area contributed by atoms with Crippen molar-refractivity contribution in [3.8, 4) is 0 Å². The fourth-order valence-corrected chi connectivity index (χ4v) is 2.43. The molecule has 7 heteroatoms. The van der Waals surface area contributed by atoms with E-state index in [1.807, 2.05) is 31.2 Å². The Balaban J connectivity index is 1.75. The van der Waals surface area contributed by atoms with E-state index < -0.39 is 11.8 Å². The molecule has 3 N–H and O–H groups in total. The van der Waals surface area contributed by atoms with E-state index in [0.29, 0.717) is 38.3 Å². The quantitative estimate of drug-likeness (QED) is 0.552. The third kappa shape index (κ3) is 4.45. The van der Waals surface area contributed by atoms with E-state index in [2.05, 4.69) is 5.32 Å². The molecular formula is C16H22N4O3. The molecule has 2 rings (SSSR count). The van der Waals surface area contributed by atoms with Crippen molar-refractivity contribution in [3.05, 3.63) is 29.8 Å². The van der Waals surface area contributed by atoms with Crippen LogP contribution < -0.4 is 11.1 Å². The molecule has 0 spiro atoms. The Bertz CT molecular complexity index is 585. The smallest absolute Gasteiger partial charge is 0.312 e. The van der Waals surface area contributed by atoms with Crippen LogP contribution in [0.2, 0.25) is 0 Å². The molecule has 1 aliphatic heterocycles. The molecule has 1 aliphatic rings. The van der Waals surface area contributed by atoms with Gasteiger partial charge < -0.3 is 20.9 Å². The molecule has 0 aromatic heterocycles. The fraction of sp³-hybridized carbons (Fsp3) is 0.438. The number of nitrogens with one attached hydrogen (secondary N) is 1. The molecular weight excluding hydrogens is 296 g/mol. The number of amides is 3. The summed E-state index contributed by atoms with van der Waals surface area (Å²) in [6.45, 7) is 3.59. The Labute approximate surface area is 135 Å². The Hall–Kier alpha value is -2.57. The Kier molecular flexibility index (Phi) is 5.56. The van der Waals surface area contributed by atoms with Gasteiger partial charge in [0.25, 0.3) is 0 Å². The van der Waals surface area contributed by atoms with Crippen LogP contribution in [0.25, 0.3) is 0 Å². The zero-order valence-electron chi connectivity index (χ0n) is 13.2. The normalized spacial score (nSPS) is 15.0. The van der Waals surface area contributed by atoms with E-state index in [-0.39, 0.29) is 12.5 Å². The summed E-state index contributed by atoms with van der Waals surface area (Å²) in [4.78, 5) is 38.4. The van der Waals surface area contributed by atoms with Gasteiger partial charge in [-0.3, -0.25) is 14.4 Å². The summed E-state index contributed by atoms with van der Waals surface area (Å²) < 4.78 is 0. The lowest BCUT2D eigenvalue weighted by molar-refractivity contribution is -0.156. The standard InChI is InChI=1S/C16H22N4O3/c1-2-19-9-10-20(16(23)15(19)22)11-14(21)18-8-7-12-3-5-13(17)6-4-12/h3-6H,2,7-11,17H2,1H3,(H,18,21). The van der Waals surface area contributed by atoms with Crippen LogP contribution in [0.5, 0.6) is 0 Å². The van der Waals surface area contributed by atoms with Crippen molar-refractivity contribution in [1.29, 1.82) is 0 Å². The third-order valence-electron chi connectivity index (χ3n) is 3.83. The van der Waals surface area contributed by atoms with Gasteiger partial charge in [-0.2, -0.15) is 0 Å². The Morgan fingerprint density at radius 2 is 1.74 bits per heavy atom. The molecule has 3 amide bonds. The molecule has 0 unspecified atom stereocenters. The van der Waals surface area contributed by atoms with Crippen molar-refractivity contribution in [2.45, 2.75) is 13.3 Å². The summed E-state index contributed by atoms with van der Waals surface area (Å²) in [5, 5.41) is 2.76. The minimum atomic E-state index is -0.605. The lowest BCUT2D eigenvalue weighted by Crippen LogP contribution is -2.56. The second-order valence-corrected chi connectivity index (χ2v) is 5.45. The number of likely N-dealkylation sites (N-methyl/N-ethyl adjacent to an activating group) is 1. The zero-order valence-corrected chi connectivity index (χ0v) is 13.2. The lowest BCUT2D eigenvalue weighted by Gasteiger charge is -2.32. The van der Waals surface area contributed by atoms with Crippen molar-refractivity contribution in [1.82, 2.24) is 15.1 Å². The van der Waals surface area contributed by atoms with E-state index in [4.69, 9.17) is 5.73 Å². The molecule has 0 atom stereocenters. The van der Waals surface area contributed by atoms with Gasteiger partial charge in [-0.25, -0.2) is 0 Å². The first-order valence-corrected chi connectivity index (χ1v) is 7.70. The second-order valence-electron chi connectivity index (χ2n) is 5.45. The predicted molar refractivity (Wildman–Crippen MR) is 86.4 cm³/mol. The molecule has 1 heterocycles. The monoisotopic (exact) mass is 318 g/mol. The number of anilines is 1. The first kappa shape index (κ1) is 16.8. The minimum Gasteiger partial charge on any atom is -0.399 e. The van der Waals surface area contributed by atoms with Gasteiger partial charge in [0.15, 0.2) is 0 Å². The number of nitrogens with two attached hydrogens (primary N) is 1. The molecule has 1 saturated heterocycles. The van der Waals surface area contributed by atoms with Crippen molar-refractivity contribution >= 4 is 23.4 Å². The van der Waals surface area contributed by atoms with Crippen LogP contribution in [0.15, 0.2) is 24.3 Å². The number of carbonyl (C=O) groups excluding carboxylic acids is 3. The maximum Gasteiger partial charge on any atom is 0.312 e. The largest absolute Gasteiger partial charge is 0.399 e. The van der Waals surface area contributed by atoms with Crippen molar-refractivity contribution in [3.63, 3.8) is 0 Å². The maximum atomic E-state index is 11.9. The van der Waals surface area contributed by atoms with Gasteiger partial charge in [0.2, 0.25) is 5.91 Å². The Morgan fingerprint density at radius 3 is 2.39 bits per heavy atom. The molecule has 23 heavy (non-hydrogen) atoms. The number of nitrogens with zero attached hydrogens (tertiary/aromatic N) is 2. The van der Waals surface area contributed by atoms with Gasteiger partial charge in [-0.15, -0.1) is 0 Å². The highest BCUT2D eigenvalue weighted by Gasteiger charge is 2.32. The molecule has 1 aromatic carbocycles. The highest BCUT2D eigenvalue weighted by molar-refractivity contribution is 6.35. The predicted octanol–water partition coefficient (Wildman–Crippen LogP) is -0.382. The zero-order chi connectivity index (χ0) is 16.8. The summed E-state index contributed by atoms with van der Waals surface area (Å²) in [5.41, 5.74) is 7.39. The second kappa shape index (κ2) is 7.62. The molecule has 1 aromatic rings. The average molecular weight is 318 g/mol. The number of piperazine rings is 1. The third-order valence-corrected chi connectivity index (χ3v) is 3.83. The molecule has 0 aliphatic carbocycles. The van der Waals surface area contributed by atoms with Crippen LogP contribution in [0.4, 0.5) is 5.69 Å². The molecule has 0 bridgehead atoms. The molecule has 7 nitrogen and oxygen atoms in total. The number of hydrogen-bond donors (Lipinski definition) is 2. The molecule has 1 fully saturated rings. The van der Waals surface area contributed by atoms with Gasteiger partial charge in [0.05, 0.1) is 0 Å². The summed E-state index contributed by atoms with van der Waals surface area (Å²) in [7, 11) is 0. The number of nitrogen functional groups attached to an aromatic ring is 1.